The van der Waals surface area contributed by atoms with Gasteiger partial charge in [-0.1, -0.05) is 6.07 Å². The molecule has 106 valence electrons. The summed E-state index contributed by atoms with van der Waals surface area (Å²) in [6.07, 6.45) is -5.38. The quantitative estimate of drug-likeness (QED) is 0.811. The van der Waals surface area contributed by atoms with E-state index in [0.29, 0.717) is 6.61 Å². The summed E-state index contributed by atoms with van der Waals surface area (Å²) >= 11 is 0. The van der Waals surface area contributed by atoms with Crippen molar-refractivity contribution in [3.8, 4) is 5.75 Å². The lowest BCUT2D eigenvalue weighted by molar-refractivity contribution is -0.132. The average Bonchev–Trinajstić information content (AvgIpc) is 2.30. The second-order valence-corrected chi connectivity index (χ2v) is 3.78. The van der Waals surface area contributed by atoms with Gasteiger partial charge in [0.05, 0.1) is 24.3 Å². The summed E-state index contributed by atoms with van der Waals surface area (Å²) in [7, 11) is 0. The zero-order valence-corrected chi connectivity index (χ0v) is 10.4. The molecule has 1 amide bonds. The highest BCUT2D eigenvalue weighted by Crippen LogP contribution is 2.26. The Balaban J connectivity index is 2.74. The Labute approximate surface area is 108 Å². The fraction of sp³-hybridized carbons (Fsp3) is 0.417. The monoisotopic (exact) mass is 276 g/mol. The molecule has 0 spiro atoms. The zero-order valence-electron chi connectivity index (χ0n) is 10.4. The van der Waals surface area contributed by atoms with Crippen LogP contribution in [0.3, 0.4) is 0 Å². The number of anilines is 1. The van der Waals surface area contributed by atoms with Crippen LogP contribution in [-0.2, 0) is 0 Å². The third-order valence-corrected chi connectivity index (χ3v) is 2.27. The molecule has 0 atom stereocenters. The van der Waals surface area contributed by atoms with Crippen molar-refractivity contribution in [3.05, 3.63) is 23.8 Å². The molecule has 0 unspecified atom stereocenters. The van der Waals surface area contributed by atoms with E-state index in [9.17, 15) is 18.0 Å². The number of nitrogens with one attached hydrogen (secondary N) is 1. The van der Waals surface area contributed by atoms with Crippen molar-refractivity contribution in [2.45, 2.75) is 19.5 Å². The second kappa shape index (κ2) is 6.31. The van der Waals surface area contributed by atoms with Crippen molar-refractivity contribution in [1.82, 2.24) is 5.32 Å². The predicted molar refractivity (Wildman–Crippen MR) is 65.0 cm³/mol. The van der Waals surface area contributed by atoms with E-state index >= 15 is 0 Å². The third-order valence-electron chi connectivity index (χ3n) is 2.27. The van der Waals surface area contributed by atoms with E-state index in [2.05, 4.69) is 5.32 Å². The molecule has 7 heteroatoms. The second-order valence-electron chi connectivity index (χ2n) is 3.78. The van der Waals surface area contributed by atoms with Gasteiger partial charge >= 0.3 is 6.18 Å². The lowest BCUT2D eigenvalue weighted by atomic mass is 10.1. The Morgan fingerprint density at radius 3 is 2.68 bits per heavy atom. The summed E-state index contributed by atoms with van der Waals surface area (Å²) in [5, 5.41) is 2.19. The number of halogens is 3. The first-order chi connectivity index (χ1) is 8.85. The van der Waals surface area contributed by atoms with Crippen LogP contribution in [0.25, 0.3) is 0 Å². The summed E-state index contributed by atoms with van der Waals surface area (Å²) in [5.74, 6) is -0.450. The Morgan fingerprint density at radius 1 is 1.42 bits per heavy atom. The van der Waals surface area contributed by atoms with Crippen molar-refractivity contribution in [1.29, 1.82) is 0 Å². The van der Waals surface area contributed by atoms with E-state index in [4.69, 9.17) is 10.5 Å². The molecule has 0 bridgehead atoms. The van der Waals surface area contributed by atoms with E-state index in [1.165, 1.54) is 12.1 Å². The molecule has 0 heterocycles. The minimum atomic E-state index is -4.30. The highest BCUT2D eigenvalue weighted by atomic mass is 19.4. The summed E-state index contributed by atoms with van der Waals surface area (Å²) in [4.78, 5) is 11.8. The van der Waals surface area contributed by atoms with Gasteiger partial charge in [-0.25, -0.2) is 0 Å². The normalized spacial score (nSPS) is 11.2. The summed E-state index contributed by atoms with van der Waals surface area (Å²) in [5.41, 5.74) is 6.06. The number of ether oxygens (including phenoxy) is 1. The van der Waals surface area contributed by atoms with Gasteiger partial charge in [-0.3, -0.25) is 4.79 Å². The van der Waals surface area contributed by atoms with Crippen LogP contribution in [0.1, 0.15) is 23.7 Å². The zero-order chi connectivity index (χ0) is 14.5. The van der Waals surface area contributed by atoms with Crippen LogP contribution in [0.2, 0.25) is 0 Å². The van der Waals surface area contributed by atoms with Gasteiger partial charge in [-0.2, -0.15) is 13.2 Å². The van der Waals surface area contributed by atoms with Crippen molar-refractivity contribution in [3.63, 3.8) is 0 Å². The molecule has 0 saturated carbocycles. The average molecular weight is 276 g/mol. The number of para-hydroxylation sites is 1. The Morgan fingerprint density at radius 2 is 2.11 bits per heavy atom. The molecule has 1 aromatic carbocycles. The minimum absolute atomic E-state index is 0.129. The Kier molecular flexibility index (Phi) is 5.02. The van der Waals surface area contributed by atoms with E-state index in [1.54, 1.807) is 13.0 Å². The molecule has 0 aromatic heterocycles. The van der Waals surface area contributed by atoms with Crippen LogP contribution in [0.15, 0.2) is 18.2 Å². The first-order valence-electron chi connectivity index (χ1n) is 5.71. The highest BCUT2D eigenvalue weighted by molar-refractivity contribution is 5.98. The molecule has 3 N–H and O–H groups in total. The molecule has 0 aliphatic heterocycles. The van der Waals surface area contributed by atoms with Crippen LogP contribution in [0, 0.1) is 0 Å². The third kappa shape index (κ3) is 4.69. The Hall–Kier alpha value is -1.92. The maximum absolute atomic E-state index is 12.0. The highest BCUT2D eigenvalue weighted by Gasteiger charge is 2.27. The van der Waals surface area contributed by atoms with E-state index in [1.807, 2.05) is 0 Å². The number of nitrogens with two attached hydrogens (primary N) is 1. The van der Waals surface area contributed by atoms with Crippen LogP contribution >= 0.6 is 0 Å². The number of benzene rings is 1. The van der Waals surface area contributed by atoms with E-state index in [-0.39, 0.29) is 17.0 Å². The molecule has 0 radical (unpaired) electrons. The van der Waals surface area contributed by atoms with Crippen molar-refractivity contribution >= 4 is 11.6 Å². The van der Waals surface area contributed by atoms with Gasteiger partial charge in [0.2, 0.25) is 0 Å². The molecule has 0 saturated heterocycles. The first-order valence-corrected chi connectivity index (χ1v) is 5.71. The molecule has 19 heavy (non-hydrogen) atoms. The van der Waals surface area contributed by atoms with Gasteiger partial charge in [0.25, 0.3) is 5.91 Å². The van der Waals surface area contributed by atoms with Crippen LogP contribution in [-0.4, -0.2) is 25.2 Å². The van der Waals surface area contributed by atoms with Crippen LogP contribution in [0.5, 0.6) is 5.75 Å². The number of hydrogen-bond donors (Lipinski definition) is 2. The molecule has 1 aromatic rings. The fourth-order valence-electron chi connectivity index (χ4n) is 1.45. The molecule has 1 rings (SSSR count). The standard InChI is InChI=1S/C12H15F3N2O2/c1-2-19-10-8(4-3-5-9(10)16)11(18)17-7-6-12(13,14)15/h3-5H,2,6-7,16H2,1H3,(H,17,18). The van der Waals surface area contributed by atoms with Gasteiger partial charge in [0, 0.05) is 6.54 Å². The molecular weight excluding hydrogens is 261 g/mol. The van der Waals surface area contributed by atoms with Crippen molar-refractivity contribution < 1.29 is 22.7 Å². The first kappa shape index (κ1) is 15.1. The maximum atomic E-state index is 12.0. The van der Waals surface area contributed by atoms with Gasteiger partial charge in [0.15, 0.2) is 5.75 Å². The van der Waals surface area contributed by atoms with E-state index < -0.39 is 25.0 Å². The number of carbonyl (C=O) groups is 1. The molecular formula is C12H15F3N2O2. The summed E-state index contributed by atoms with van der Waals surface area (Å²) < 4.78 is 41.2. The molecule has 4 nitrogen and oxygen atoms in total. The lowest BCUT2D eigenvalue weighted by Gasteiger charge is -2.13. The predicted octanol–water partition coefficient (Wildman–Crippen LogP) is 2.35. The lowest BCUT2D eigenvalue weighted by Crippen LogP contribution is -2.28. The van der Waals surface area contributed by atoms with Gasteiger partial charge in [-0.05, 0) is 19.1 Å². The number of carbonyl (C=O) groups excluding carboxylic acids is 1. The largest absolute Gasteiger partial charge is 0.491 e. The van der Waals surface area contributed by atoms with Crippen molar-refractivity contribution in [2.24, 2.45) is 0 Å². The van der Waals surface area contributed by atoms with Crippen molar-refractivity contribution in [2.75, 3.05) is 18.9 Å². The number of rotatable bonds is 5. The number of nitrogen functional groups attached to an aromatic ring is 1. The van der Waals surface area contributed by atoms with Crippen LogP contribution < -0.4 is 15.8 Å². The Bertz CT molecular complexity index is 447. The molecule has 0 aliphatic rings. The maximum Gasteiger partial charge on any atom is 0.390 e. The van der Waals surface area contributed by atoms with Crippen LogP contribution in [0.4, 0.5) is 18.9 Å². The van der Waals surface area contributed by atoms with Gasteiger partial charge in [0.1, 0.15) is 0 Å². The minimum Gasteiger partial charge on any atom is -0.491 e. The fourth-order valence-corrected chi connectivity index (χ4v) is 1.45. The smallest absolute Gasteiger partial charge is 0.390 e. The number of hydrogen-bond acceptors (Lipinski definition) is 3. The SMILES string of the molecule is CCOc1c(N)cccc1C(=O)NCCC(F)(F)F. The van der Waals surface area contributed by atoms with E-state index in [0.717, 1.165) is 0 Å². The summed E-state index contributed by atoms with van der Waals surface area (Å²) in [6.45, 7) is 1.54. The molecule has 0 aliphatic carbocycles. The summed E-state index contributed by atoms with van der Waals surface area (Å²) in [6, 6.07) is 4.54. The van der Waals surface area contributed by atoms with Gasteiger partial charge < -0.3 is 15.8 Å². The topological polar surface area (TPSA) is 64.3 Å². The molecule has 0 fully saturated rings. The number of amides is 1. The number of alkyl halides is 3. The van der Waals surface area contributed by atoms with Gasteiger partial charge in [-0.15, -0.1) is 0 Å².